The van der Waals surface area contributed by atoms with Gasteiger partial charge in [0.25, 0.3) is 0 Å². The van der Waals surface area contributed by atoms with E-state index in [-0.39, 0.29) is 16.9 Å². The predicted molar refractivity (Wildman–Crippen MR) is 51.4 cm³/mol. The minimum Gasteiger partial charge on any atom is -0.507 e. The summed E-state index contributed by atoms with van der Waals surface area (Å²) in [5, 5.41) is 18.9. The van der Waals surface area contributed by atoms with Crippen molar-refractivity contribution in [3.63, 3.8) is 0 Å². The number of hydrogen-bond donors (Lipinski definition) is 2. The Morgan fingerprint density at radius 3 is 2.87 bits per heavy atom. The van der Waals surface area contributed by atoms with Crippen LogP contribution in [0.2, 0.25) is 0 Å². The average molecular weight is 208 g/mol. The highest BCUT2D eigenvalue weighted by Crippen LogP contribution is 2.35. The largest absolute Gasteiger partial charge is 0.507 e. The van der Waals surface area contributed by atoms with E-state index in [1.165, 1.54) is 19.4 Å². The van der Waals surface area contributed by atoms with Crippen molar-refractivity contribution in [3.05, 3.63) is 24.0 Å². The molecule has 0 fully saturated rings. The van der Waals surface area contributed by atoms with Crippen molar-refractivity contribution in [1.82, 2.24) is 0 Å². The molecule has 0 aliphatic heterocycles. The molecule has 0 unspecified atom stereocenters. The Kier molecular flexibility index (Phi) is 2.00. The zero-order valence-corrected chi connectivity index (χ0v) is 7.85. The molecule has 2 aromatic rings. The van der Waals surface area contributed by atoms with Crippen LogP contribution in [0.3, 0.4) is 0 Å². The average Bonchev–Trinajstić information content (AvgIpc) is 2.63. The molecule has 1 aromatic carbocycles. The summed E-state index contributed by atoms with van der Waals surface area (Å²) >= 11 is 0. The van der Waals surface area contributed by atoms with Crippen molar-refractivity contribution in [3.8, 4) is 11.5 Å². The second-order valence-corrected chi connectivity index (χ2v) is 2.94. The quantitative estimate of drug-likeness (QED) is 0.787. The molecule has 1 aromatic heterocycles. The molecule has 0 aliphatic carbocycles. The molecule has 2 N–H and O–H groups in total. The molecule has 1 heterocycles. The van der Waals surface area contributed by atoms with Gasteiger partial charge in [0.15, 0.2) is 5.58 Å². The number of carbonyl (C=O) groups is 1. The minimum absolute atomic E-state index is 0.111. The highest BCUT2D eigenvalue weighted by molar-refractivity contribution is 6.05. The van der Waals surface area contributed by atoms with Crippen molar-refractivity contribution < 1.29 is 24.2 Å². The molecule has 5 nitrogen and oxygen atoms in total. The third kappa shape index (κ3) is 1.28. The Bertz CT molecular complexity index is 526. The molecule has 2 rings (SSSR count). The molecule has 15 heavy (non-hydrogen) atoms. The normalized spacial score (nSPS) is 10.5. The van der Waals surface area contributed by atoms with Crippen LogP contribution in [0.25, 0.3) is 11.0 Å². The Balaban J connectivity index is 2.87. The van der Waals surface area contributed by atoms with E-state index in [4.69, 9.17) is 14.3 Å². The SMILES string of the molecule is COc1cc(O)c(C(=O)O)c2occc12. The number of carboxylic acids is 1. The van der Waals surface area contributed by atoms with Crippen LogP contribution in [0.15, 0.2) is 22.8 Å². The summed E-state index contributed by atoms with van der Waals surface area (Å²) < 4.78 is 10.0. The number of hydrogen-bond acceptors (Lipinski definition) is 4. The fourth-order valence-corrected chi connectivity index (χ4v) is 1.46. The van der Waals surface area contributed by atoms with Crippen LogP contribution in [-0.4, -0.2) is 23.3 Å². The van der Waals surface area contributed by atoms with Gasteiger partial charge in [-0.25, -0.2) is 4.79 Å². The van der Waals surface area contributed by atoms with Gasteiger partial charge >= 0.3 is 5.97 Å². The molecule has 0 saturated heterocycles. The molecule has 0 amide bonds. The topological polar surface area (TPSA) is 79.9 Å². The monoisotopic (exact) mass is 208 g/mol. The summed E-state index contributed by atoms with van der Waals surface area (Å²) in [6, 6.07) is 2.83. The number of rotatable bonds is 2. The second kappa shape index (κ2) is 3.20. The summed E-state index contributed by atoms with van der Waals surface area (Å²) in [4.78, 5) is 10.9. The number of benzene rings is 1. The van der Waals surface area contributed by atoms with Gasteiger partial charge in [0.1, 0.15) is 17.1 Å². The summed E-state index contributed by atoms with van der Waals surface area (Å²) in [7, 11) is 1.43. The van der Waals surface area contributed by atoms with E-state index in [0.29, 0.717) is 11.1 Å². The summed E-state index contributed by atoms with van der Waals surface area (Å²) in [5.74, 6) is -1.24. The lowest BCUT2D eigenvalue weighted by Crippen LogP contribution is -1.98. The molecular formula is C10H8O5. The summed E-state index contributed by atoms with van der Waals surface area (Å²) in [5.41, 5.74) is -0.143. The number of ether oxygens (including phenoxy) is 1. The zero-order valence-electron chi connectivity index (χ0n) is 7.85. The molecule has 0 saturated carbocycles. The van der Waals surface area contributed by atoms with Gasteiger partial charge in [-0.05, 0) is 6.07 Å². The number of carboxylic acid groups (broad SMARTS) is 1. The van der Waals surface area contributed by atoms with E-state index in [0.717, 1.165) is 0 Å². The fraction of sp³-hybridized carbons (Fsp3) is 0.100. The fourth-order valence-electron chi connectivity index (χ4n) is 1.46. The third-order valence-electron chi connectivity index (χ3n) is 2.12. The van der Waals surface area contributed by atoms with E-state index in [1.54, 1.807) is 6.07 Å². The number of fused-ring (bicyclic) bond motifs is 1. The van der Waals surface area contributed by atoms with Gasteiger partial charge in [0, 0.05) is 6.07 Å². The predicted octanol–water partition coefficient (Wildman–Crippen LogP) is 1.85. The maximum Gasteiger partial charge on any atom is 0.343 e. The third-order valence-corrected chi connectivity index (χ3v) is 2.12. The van der Waals surface area contributed by atoms with Gasteiger partial charge < -0.3 is 19.4 Å². The first-order chi connectivity index (χ1) is 7.15. The van der Waals surface area contributed by atoms with E-state index < -0.39 is 5.97 Å². The van der Waals surface area contributed by atoms with E-state index in [1.807, 2.05) is 0 Å². The Morgan fingerprint density at radius 2 is 2.27 bits per heavy atom. The number of aromatic carboxylic acids is 1. The van der Waals surface area contributed by atoms with Gasteiger partial charge in [-0.2, -0.15) is 0 Å². The lowest BCUT2D eigenvalue weighted by atomic mass is 10.1. The van der Waals surface area contributed by atoms with E-state index >= 15 is 0 Å². The van der Waals surface area contributed by atoms with Crippen LogP contribution in [0, 0.1) is 0 Å². The smallest absolute Gasteiger partial charge is 0.343 e. The maximum atomic E-state index is 10.9. The summed E-state index contributed by atoms with van der Waals surface area (Å²) in [6.45, 7) is 0. The first-order valence-corrected chi connectivity index (χ1v) is 4.15. The number of aromatic hydroxyl groups is 1. The standard InChI is InChI=1S/C10H8O5/c1-14-7-4-6(11)8(10(12)13)9-5(7)2-3-15-9/h2-4,11H,1H3,(H,12,13). The van der Waals surface area contributed by atoms with Crippen molar-refractivity contribution in [1.29, 1.82) is 0 Å². The first kappa shape index (κ1) is 9.39. The molecular weight excluding hydrogens is 200 g/mol. The molecule has 0 bridgehead atoms. The second-order valence-electron chi connectivity index (χ2n) is 2.94. The van der Waals surface area contributed by atoms with Crippen LogP contribution < -0.4 is 4.74 Å². The molecule has 0 spiro atoms. The van der Waals surface area contributed by atoms with Crippen LogP contribution >= 0.6 is 0 Å². The van der Waals surface area contributed by atoms with Crippen LogP contribution in [0.4, 0.5) is 0 Å². The molecule has 78 valence electrons. The molecule has 0 aliphatic rings. The zero-order chi connectivity index (χ0) is 11.0. The van der Waals surface area contributed by atoms with E-state index in [9.17, 15) is 9.90 Å². The number of furan rings is 1. The number of phenols is 1. The van der Waals surface area contributed by atoms with Gasteiger partial charge in [0.05, 0.1) is 18.8 Å². The van der Waals surface area contributed by atoms with Crippen LogP contribution in [0.5, 0.6) is 11.5 Å². The first-order valence-electron chi connectivity index (χ1n) is 4.15. The Hall–Kier alpha value is -2.17. The van der Waals surface area contributed by atoms with Crippen molar-refractivity contribution in [2.24, 2.45) is 0 Å². The van der Waals surface area contributed by atoms with Gasteiger partial charge in [0.2, 0.25) is 0 Å². The lowest BCUT2D eigenvalue weighted by molar-refractivity contribution is 0.0694. The number of methoxy groups -OCH3 is 1. The molecule has 5 heteroatoms. The molecule has 0 radical (unpaired) electrons. The van der Waals surface area contributed by atoms with Gasteiger partial charge in [-0.15, -0.1) is 0 Å². The molecule has 0 atom stereocenters. The highest BCUT2D eigenvalue weighted by Gasteiger charge is 2.20. The lowest BCUT2D eigenvalue weighted by Gasteiger charge is -2.05. The maximum absolute atomic E-state index is 10.9. The Morgan fingerprint density at radius 1 is 1.53 bits per heavy atom. The van der Waals surface area contributed by atoms with Crippen molar-refractivity contribution >= 4 is 16.9 Å². The van der Waals surface area contributed by atoms with Gasteiger partial charge in [-0.3, -0.25) is 0 Å². The Labute approximate surface area is 84.5 Å². The van der Waals surface area contributed by atoms with Crippen molar-refractivity contribution in [2.45, 2.75) is 0 Å². The van der Waals surface area contributed by atoms with Crippen LogP contribution in [0.1, 0.15) is 10.4 Å². The highest BCUT2D eigenvalue weighted by atomic mass is 16.5. The van der Waals surface area contributed by atoms with E-state index in [2.05, 4.69) is 0 Å². The summed E-state index contributed by atoms with van der Waals surface area (Å²) in [6.07, 6.45) is 1.35. The van der Waals surface area contributed by atoms with Crippen molar-refractivity contribution in [2.75, 3.05) is 7.11 Å². The van der Waals surface area contributed by atoms with Gasteiger partial charge in [-0.1, -0.05) is 0 Å². The van der Waals surface area contributed by atoms with Crippen LogP contribution in [-0.2, 0) is 0 Å². The minimum atomic E-state index is -1.24.